The summed E-state index contributed by atoms with van der Waals surface area (Å²) in [5.74, 6) is 0. The number of piperazine rings is 1. The first kappa shape index (κ1) is 18.7. The molecule has 0 unspecified atom stereocenters. The van der Waals surface area contributed by atoms with Crippen molar-refractivity contribution in [1.82, 2.24) is 14.8 Å². The Morgan fingerprint density at radius 1 is 1.03 bits per heavy atom. The second-order valence-electron chi connectivity index (χ2n) is 8.05. The Labute approximate surface area is 176 Å². The predicted octanol–water partition coefficient (Wildman–Crippen LogP) is 4.02. The van der Waals surface area contributed by atoms with E-state index in [1.165, 1.54) is 27.1 Å². The van der Waals surface area contributed by atoms with Crippen LogP contribution in [0.3, 0.4) is 0 Å². The largest absolute Gasteiger partial charge is 0.368 e. The van der Waals surface area contributed by atoms with E-state index in [9.17, 15) is 0 Å². The third kappa shape index (κ3) is 3.56. The number of anilines is 2. The highest BCUT2D eigenvalue weighted by Gasteiger charge is 2.25. The summed E-state index contributed by atoms with van der Waals surface area (Å²) in [5.41, 5.74) is 6.07. The van der Waals surface area contributed by atoms with Gasteiger partial charge in [-0.05, 0) is 55.9 Å². The maximum atomic E-state index is 4.77. The molecule has 0 saturated carbocycles. The van der Waals surface area contributed by atoms with Crippen LogP contribution in [0.1, 0.15) is 0 Å². The minimum absolute atomic E-state index is 1.06. The molecule has 5 rings (SSSR count). The van der Waals surface area contributed by atoms with Crippen molar-refractivity contribution in [1.29, 1.82) is 0 Å². The summed E-state index contributed by atoms with van der Waals surface area (Å²) in [7, 11) is 4.29. The van der Waals surface area contributed by atoms with Crippen LogP contribution in [-0.2, 0) is 0 Å². The number of likely N-dealkylation sites (N-methyl/N-ethyl adjacent to an activating group) is 1. The van der Waals surface area contributed by atoms with E-state index < -0.39 is 0 Å². The van der Waals surface area contributed by atoms with Crippen LogP contribution in [0.15, 0.2) is 53.6 Å². The van der Waals surface area contributed by atoms with Gasteiger partial charge in [0.15, 0.2) is 0 Å². The second-order valence-corrected chi connectivity index (χ2v) is 8.90. The smallest absolute Gasteiger partial charge is 0.0968 e. The fraction of sp³-hybridized carbons (Fsp3) is 0.348. The molecule has 3 aromatic rings. The highest BCUT2D eigenvalue weighted by atomic mass is 32.2. The van der Waals surface area contributed by atoms with Crippen molar-refractivity contribution < 1.29 is 0 Å². The lowest BCUT2D eigenvalue weighted by atomic mass is 9.98. The molecule has 29 heavy (non-hydrogen) atoms. The van der Waals surface area contributed by atoms with Crippen LogP contribution in [0.4, 0.5) is 11.4 Å². The monoisotopic (exact) mass is 405 g/mol. The number of aromatic nitrogens is 1. The molecule has 0 radical (unpaired) electrons. The van der Waals surface area contributed by atoms with Crippen molar-refractivity contribution in [2.24, 2.45) is 0 Å². The molecule has 0 aliphatic carbocycles. The Bertz CT molecular complexity index is 1030. The van der Waals surface area contributed by atoms with Crippen molar-refractivity contribution in [3.8, 4) is 11.1 Å². The first-order chi connectivity index (χ1) is 14.2. The summed E-state index contributed by atoms with van der Waals surface area (Å²) in [6, 6.07) is 15.3. The Kier molecular flexibility index (Phi) is 5.08. The number of hydrogen-bond acceptors (Lipinski definition) is 6. The third-order valence-corrected chi connectivity index (χ3v) is 6.77. The quantitative estimate of drug-likeness (QED) is 0.661. The number of rotatable bonds is 4. The van der Waals surface area contributed by atoms with Gasteiger partial charge in [0.05, 0.1) is 11.2 Å². The first-order valence-electron chi connectivity index (χ1n) is 10.3. The highest BCUT2D eigenvalue weighted by molar-refractivity contribution is 8.00. The fourth-order valence-electron chi connectivity index (χ4n) is 4.24. The highest BCUT2D eigenvalue weighted by Crippen LogP contribution is 2.47. The van der Waals surface area contributed by atoms with Gasteiger partial charge in [0.2, 0.25) is 0 Å². The van der Waals surface area contributed by atoms with E-state index in [4.69, 9.17) is 4.98 Å². The summed E-state index contributed by atoms with van der Waals surface area (Å²) in [6.07, 6.45) is 1.90. The molecule has 150 valence electrons. The van der Waals surface area contributed by atoms with E-state index >= 15 is 0 Å². The van der Waals surface area contributed by atoms with E-state index in [0.29, 0.717) is 0 Å². The Hall–Kier alpha value is -2.28. The number of nitrogens with zero attached hydrogens (tertiary/aromatic N) is 4. The first-order valence-corrected chi connectivity index (χ1v) is 11.1. The maximum Gasteiger partial charge on any atom is 0.0968 e. The fourth-order valence-corrected chi connectivity index (χ4v) is 5.09. The van der Waals surface area contributed by atoms with E-state index in [1.54, 1.807) is 11.9 Å². The number of fused-ring (bicyclic) bond motifs is 5. The summed E-state index contributed by atoms with van der Waals surface area (Å²) in [6.45, 7) is 6.59. The third-order valence-electron chi connectivity index (χ3n) is 5.89. The number of benzene rings is 2. The van der Waals surface area contributed by atoms with Crippen LogP contribution in [-0.4, -0.2) is 68.1 Å². The van der Waals surface area contributed by atoms with Gasteiger partial charge in [0.1, 0.15) is 0 Å². The van der Waals surface area contributed by atoms with Gasteiger partial charge in [-0.2, -0.15) is 0 Å². The van der Waals surface area contributed by atoms with Crippen molar-refractivity contribution in [2.45, 2.75) is 4.90 Å². The van der Waals surface area contributed by atoms with Gasteiger partial charge in [-0.25, -0.2) is 0 Å². The van der Waals surface area contributed by atoms with Gasteiger partial charge in [-0.1, -0.05) is 18.2 Å². The van der Waals surface area contributed by atoms with Gasteiger partial charge in [-0.15, -0.1) is 0 Å². The van der Waals surface area contributed by atoms with E-state index in [0.717, 1.165) is 50.5 Å². The van der Waals surface area contributed by atoms with Crippen molar-refractivity contribution in [3.63, 3.8) is 0 Å². The lowest BCUT2D eigenvalue weighted by molar-refractivity contribution is 0.229. The van der Waals surface area contributed by atoms with Crippen LogP contribution in [0.25, 0.3) is 22.0 Å². The zero-order valence-electron chi connectivity index (χ0n) is 17.1. The molecule has 3 heterocycles. The van der Waals surface area contributed by atoms with E-state index in [1.807, 2.05) is 6.20 Å². The van der Waals surface area contributed by atoms with Gasteiger partial charge in [0, 0.05) is 67.0 Å². The van der Waals surface area contributed by atoms with Gasteiger partial charge >= 0.3 is 0 Å². The number of hydrogen-bond donors (Lipinski definition) is 1. The lowest BCUT2D eigenvalue weighted by Crippen LogP contribution is -2.48. The Morgan fingerprint density at radius 2 is 1.86 bits per heavy atom. The molecule has 0 amide bonds. The van der Waals surface area contributed by atoms with Crippen LogP contribution in [0.5, 0.6) is 0 Å². The van der Waals surface area contributed by atoms with E-state index in [2.05, 4.69) is 76.0 Å². The SMILES string of the molecule is CN(C)CCN1CCN(c2cc3c(c4ncccc24)NSc2ccccc2-3)CC1. The topological polar surface area (TPSA) is 34.6 Å². The normalized spacial score (nSPS) is 16.6. The van der Waals surface area contributed by atoms with Crippen LogP contribution in [0.2, 0.25) is 0 Å². The Morgan fingerprint density at radius 3 is 2.69 bits per heavy atom. The molecule has 2 aromatic carbocycles. The standard InChI is InChI=1S/C23H27N5S/c1-26(2)10-11-27-12-14-28(15-13-27)20-16-19-17-6-3-4-8-21(17)29-25-23(19)22-18(20)7-5-9-24-22/h3-9,16,25H,10-15H2,1-2H3. The predicted molar refractivity (Wildman–Crippen MR) is 124 cm³/mol. The molecule has 6 heteroatoms. The van der Waals surface area contributed by atoms with E-state index in [-0.39, 0.29) is 0 Å². The molecule has 2 aliphatic rings. The second kappa shape index (κ2) is 7.86. The molecular formula is C23H27N5S. The van der Waals surface area contributed by atoms with Crippen molar-refractivity contribution in [3.05, 3.63) is 48.7 Å². The average molecular weight is 406 g/mol. The van der Waals surface area contributed by atoms with Crippen molar-refractivity contribution >= 4 is 34.2 Å². The zero-order chi connectivity index (χ0) is 19.8. The summed E-state index contributed by atoms with van der Waals surface area (Å²) >= 11 is 1.68. The number of nitrogens with one attached hydrogen (secondary N) is 1. The molecule has 5 nitrogen and oxygen atoms in total. The van der Waals surface area contributed by atoms with Crippen LogP contribution >= 0.6 is 11.9 Å². The molecule has 0 bridgehead atoms. The van der Waals surface area contributed by atoms with Crippen LogP contribution in [0, 0.1) is 0 Å². The Balaban J connectivity index is 1.51. The summed E-state index contributed by atoms with van der Waals surface area (Å²) in [5, 5.41) is 1.24. The number of pyridine rings is 1. The molecular weight excluding hydrogens is 378 g/mol. The van der Waals surface area contributed by atoms with Gasteiger partial charge in [-0.3, -0.25) is 9.88 Å². The van der Waals surface area contributed by atoms with Crippen LogP contribution < -0.4 is 9.62 Å². The minimum atomic E-state index is 1.06. The minimum Gasteiger partial charge on any atom is -0.368 e. The molecule has 1 fully saturated rings. The molecule has 1 saturated heterocycles. The molecule has 2 aliphatic heterocycles. The zero-order valence-corrected chi connectivity index (χ0v) is 17.9. The molecule has 1 aromatic heterocycles. The molecule has 0 atom stereocenters. The summed E-state index contributed by atoms with van der Waals surface area (Å²) in [4.78, 5) is 13.4. The molecule has 0 spiro atoms. The maximum absolute atomic E-state index is 4.77. The lowest BCUT2D eigenvalue weighted by Gasteiger charge is -2.37. The van der Waals surface area contributed by atoms with Gasteiger partial charge < -0.3 is 14.5 Å². The average Bonchev–Trinajstić information content (AvgIpc) is 2.77. The summed E-state index contributed by atoms with van der Waals surface area (Å²) < 4.78 is 3.55. The van der Waals surface area contributed by atoms with Crippen molar-refractivity contribution in [2.75, 3.05) is 63.0 Å². The van der Waals surface area contributed by atoms with Gasteiger partial charge in [0.25, 0.3) is 0 Å². The molecule has 1 N–H and O–H groups in total.